The molecule has 0 fully saturated rings. The van der Waals surface area contributed by atoms with Gasteiger partial charge in [0.25, 0.3) is 0 Å². The summed E-state index contributed by atoms with van der Waals surface area (Å²) < 4.78 is 32.6. The third kappa shape index (κ3) is 40.7. The van der Waals surface area contributed by atoms with E-state index in [-0.39, 0.29) is 19.4 Å². The van der Waals surface area contributed by atoms with E-state index in [2.05, 4.69) is 36.6 Å². The summed E-state index contributed by atoms with van der Waals surface area (Å²) in [4.78, 5) is 45.9. The molecule has 0 aliphatic heterocycles. The number of carboxylic acids is 1. The molecule has 0 radical (unpaired) electrons. The molecule has 0 rings (SSSR count). The first-order valence-corrected chi connectivity index (χ1v) is 24.9. The van der Waals surface area contributed by atoms with Gasteiger partial charge in [-0.2, -0.15) is 0 Å². The third-order valence-corrected chi connectivity index (χ3v) is 11.1. The molecule has 1 unspecified atom stereocenters. The predicted octanol–water partition coefficient (Wildman–Crippen LogP) is 12.6. The van der Waals surface area contributed by atoms with E-state index in [9.17, 15) is 23.8 Å². The van der Waals surface area contributed by atoms with Gasteiger partial charge in [-0.1, -0.05) is 186 Å². The third-order valence-electron chi connectivity index (χ3n) is 10.2. The Morgan fingerprint density at radius 1 is 0.517 bits per heavy atom. The van der Waals surface area contributed by atoms with E-state index in [1.165, 1.54) is 135 Å². The minimum atomic E-state index is -4.72. The molecule has 0 spiro atoms. The summed E-state index contributed by atoms with van der Waals surface area (Å²) in [6.07, 6.45) is 44.1. The Morgan fingerprint density at radius 3 is 1.36 bits per heavy atom. The molecule has 0 bridgehead atoms. The van der Waals surface area contributed by atoms with Crippen LogP contribution in [0.4, 0.5) is 0 Å². The number of rotatable bonds is 44. The lowest BCUT2D eigenvalue weighted by Crippen LogP contribution is -2.34. The molecule has 3 atom stereocenters. The van der Waals surface area contributed by atoms with Gasteiger partial charge in [0.15, 0.2) is 6.10 Å². The van der Waals surface area contributed by atoms with Crippen LogP contribution in [0.5, 0.6) is 0 Å². The van der Waals surface area contributed by atoms with Crippen LogP contribution in [-0.2, 0) is 37.5 Å². The van der Waals surface area contributed by atoms with Gasteiger partial charge in [0.2, 0.25) is 0 Å². The highest BCUT2D eigenvalue weighted by atomic mass is 31.2. The van der Waals surface area contributed by atoms with Gasteiger partial charge in [-0.05, 0) is 44.9 Å². The van der Waals surface area contributed by atoms with Crippen LogP contribution in [0.15, 0.2) is 24.3 Å². The molecular formula is C46H86NO10P. The number of allylic oxidation sites excluding steroid dienone is 4. The normalized spacial score (nSPS) is 13.9. The van der Waals surface area contributed by atoms with Crippen molar-refractivity contribution in [1.82, 2.24) is 0 Å². The van der Waals surface area contributed by atoms with E-state index < -0.39 is 51.1 Å². The SMILES string of the molecule is CCCCCCCCCCCCCCCC/C=C/CC/C=C/CCCC(=O)O[C@@H](COC(=O)CCCCCCCCCCCCC)COP(=O)(O)OC[C@H](N)C(=O)O. The number of esters is 2. The highest BCUT2D eigenvalue weighted by molar-refractivity contribution is 7.47. The second-order valence-electron chi connectivity index (χ2n) is 15.9. The first kappa shape index (κ1) is 56.0. The van der Waals surface area contributed by atoms with Crippen molar-refractivity contribution >= 4 is 25.7 Å². The summed E-state index contributed by atoms with van der Waals surface area (Å²) in [5, 5.41) is 8.89. The summed E-state index contributed by atoms with van der Waals surface area (Å²) in [7, 11) is -4.72. The van der Waals surface area contributed by atoms with Crippen molar-refractivity contribution in [2.24, 2.45) is 5.73 Å². The van der Waals surface area contributed by atoms with Crippen molar-refractivity contribution in [2.75, 3.05) is 19.8 Å². The number of aliphatic carboxylic acids is 1. The first-order valence-electron chi connectivity index (χ1n) is 23.4. The van der Waals surface area contributed by atoms with Crippen molar-refractivity contribution in [2.45, 2.75) is 231 Å². The molecular weight excluding hydrogens is 757 g/mol. The minimum absolute atomic E-state index is 0.105. The zero-order valence-electron chi connectivity index (χ0n) is 36.9. The number of ether oxygens (including phenoxy) is 2. The summed E-state index contributed by atoms with van der Waals surface area (Å²) in [6.45, 7) is 2.78. The van der Waals surface area contributed by atoms with Crippen LogP contribution in [-0.4, -0.2) is 59.9 Å². The lowest BCUT2D eigenvalue weighted by Gasteiger charge is -2.20. The fourth-order valence-electron chi connectivity index (χ4n) is 6.50. The zero-order chi connectivity index (χ0) is 42.8. The van der Waals surface area contributed by atoms with E-state index >= 15 is 0 Å². The fourth-order valence-corrected chi connectivity index (χ4v) is 7.28. The van der Waals surface area contributed by atoms with Crippen LogP contribution in [0, 0.1) is 0 Å². The second kappa shape index (κ2) is 41.7. The molecule has 12 heteroatoms. The molecule has 58 heavy (non-hydrogen) atoms. The maximum atomic E-state index is 12.6. The van der Waals surface area contributed by atoms with Crippen LogP contribution in [0.2, 0.25) is 0 Å². The molecule has 0 amide bonds. The average molecular weight is 844 g/mol. The van der Waals surface area contributed by atoms with Crippen LogP contribution >= 0.6 is 7.82 Å². The molecule has 0 aliphatic carbocycles. The lowest BCUT2D eigenvalue weighted by atomic mass is 10.0. The minimum Gasteiger partial charge on any atom is -0.480 e. The molecule has 0 saturated heterocycles. The van der Waals surface area contributed by atoms with Gasteiger partial charge < -0.3 is 25.2 Å². The Labute approximate surface area is 353 Å². The number of phosphoric acid groups is 1. The van der Waals surface area contributed by atoms with Gasteiger partial charge >= 0.3 is 25.7 Å². The molecule has 0 aromatic heterocycles. The summed E-state index contributed by atoms with van der Waals surface area (Å²) in [5.74, 6) is -2.42. The number of hydrogen-bond acceptors (Lipinski definition) is 9. The van der Waals surface area contributed by atoms with Crippen LogP contribution in [0.3, 0.4) is 0 Å². The quantitative estimate of drug-likeness (QED) is 0.0231. The molecule has 340 valence electrons. The van der Waals surface area contributed by atoms with Crippen molar-refractivity contribution in [3.05, 3.63) is 24.3 Å². The maximum absolute atomic E-state index is 12.6. The van der Waals surface area contributed by atoms with E-state index in [0.29, 0.717) is 19.3 Å². The zero-order valence-corrected chi connectivity index (χ0v) is 37.8. The molecule has 0 aliphatic rings. The van der Waals surface area contributed by atoms with Gasteiger partial charge in [0.05, 0.1) is 13.2 Å². The summed E-state index contributed by atoms with van der Waals surface area (Å²) in [6, 6.07) is -1.52. The van der Waals surface area contributed by atoms with Crippen LogP contribution in [0.25, 0.3) is 0 Å². The highest BCUT2D eigenvalue weighted by Gasteiger charge is 2.28. The Balaban J connectivity index is 4.28. The number of unbranched alkanes of at least 4 members (excludes halogenated alkanes) is 26. The Morgan fingerprint density at radius 2 is 0.897 bits per heavy atom. The predicted molar refractivity (Wildman–Crippen MR) is 236 cm³/mol. The Kier molecular flexibility index (Phi) is 40.2. The van der Waals surface area contributed by atoms with Gasteiger partial charge in [-0.3, -0.25) is 23.4 Å². The molecule has 11 nitrogen and oxygen atoms in total. The number of hydrogen-bond donors (Lipinski definition) is 3. The second-order valence-corrected chi connectivity index (χ2v) is 17.3. The van der Waals surface area contributed by atoms with Gasteiger partial charge in [-0.15, -0.1) is 0 Å². The molecule has 4 N–H and O–H groups in total. The monoisotopic (exact) mass is 844 g/mol. The van der Waals surface area contributed by atoms with Crippen molar-refractivity contribution in [1.29, 1.82) is 0 Å². The maximum Gasteiger partial charge on any atom is 0.472 e. The summed E-state index contributed by atoms with van der Waals surface area (Å²) in [5.41, 5.74) is 5.33. The number of nitrogens with two attached hydrogens (primary N) is 1. The Hall–Kier alpha value is -2.04. The largest absolute Gasteiger partial charge is 0.480 e. The molecule has 0 saturated carbocycles. The number of carboxylic acid groups (broad SMARTS) is 1. The van der Waals surface area contributed by atoms with E-state index in [0.717, 1.165) is 38.5 Å². The molecule has 0 aromatic rings. The molecule has 0 heterocycles. The lowest BCUT2D eigenvalue weighted by molar-refractivity contribution is -0.161. The van der Waals surface area contributed by atoms with Gasteiger partial charge in [0.1, 0.15) is 12.6 Å². The smallest absolute Gasteiger partial charge is 0.472 e. The molecule has 0 aromatic carbocycles. The summed E-state index contributed by atoms with van der Waals surface area (Å²) >= 11 is 0. The average Bonchev–Trinajstić information content (AvgIpc) is 3.20. The fraction of sp³-hybridized carbons (Fsp3) is 0.848. The van der Waals surface area contributed by atoms with Crippen molar-refractivity contribution in [3.63, 3.8) is 0 Å². The van der Waals surface area contributed by atoms with Gasteiger partial charge in [0, 0.05) is 12.8 Å². The van der Waals surface area contributed by atoms with Crippen molar-refractivity contribution < 1.29 is 47.5 Å². The highest BCUT2D eigenvalue weighted by Crippen LogP contribution is 2.43. The number of carbonyl (C=O) groups excluding carboxylic acids is 2. The topological polar surface area (TPSA) is 172 Å². The van der Waals surface area contributed by atoms with Gasteiger partial charge in [-0.25, -0.2) is 4.57 Å². The van der Waals surface area contributed by atoms with Crippen molar-refractivity contribution in [3.8, 4) is 0 Å². The number of phosphoric ester groups is 1. The van der Waals surface area contributed by atoms with Crippen LogP contribution in [0.1, 0.15) is 219 Å². The number of carbonyl (C=O) groups is 3. The standard InChI is InChI=1S/C46H86NO10P/c1-3-5-7-9-11-13-15-16-17-18-19-20-21-22-23-24-25-26-28-30-32-34-36-38-45(49)57-42(40-55-58(52,53)56-41-43(47)46(50)51)39-54-44(48)37-35-33-31-29-27-14-12-10-8-6-4-2/h24-25,30,32,42-43H,3-23,26-29,31,33-41,47H2,1-2H3,(H,50,51)(H,52,53)/b25-24+,32-30+/t42-,43-/m0/s1. The van der Waals surface area contributed by atoms with E-state index in [4.69, 9.17) is 24.8 Å². The van der Waals surface area contributed by atoms with E-state index in [1.54, 1.807) is 0 Å². The van der Waals surface area contributed by atoms with E-state index in [1.807, 2.05) is 6.08 Å². The Bertz CT molecular complexity index is 1080. The first-order chi connectivity index (χ1) is 28.1. The van der Waals surface area contributed by atoms with Crippen LogP contribution < -0.4 is 5.73 Å².